The van der Waals surface area contributed by atoms with Crippen molar-refractivity contribution in [2.75, 3.05) is 12.4 Å². The SMILES string of the molecule is COc1ccc(C(=O)Nc2ccc(Br)cc2)cc1S(=O)(=O)NC(C)(C)C. The van der Waals surface area contributed by atoms with Crippen molar-refractivity contribution in [3.8, 4) is 5.75 Å². The molecular weight excluding hydrogens is 420 g/mol. The summed E-state index contributed by atoms with van der Waals surface area (Å²) in [5.41, 5.74) is 0.147. The van der Waals surface area contributed by atoms with Crippen molar-refractivity contribution in [1.29, 1.82) is 0 Å². The molecule has 0 aliphatic carbocycles. The van der Waals surface area contributed by atoms with E-state index in [0.717, 1.165) is 4.47 Å². The molecule has 0 spiro atoms. The highest BCUT2D eigenvalue weighted by molar-refractivity contribution is 9.10. The van der Waals surface area contributed by atoms with E-state index in [1.54, 1.807) is 45.0 Å². The Kier molecular flexibility index (Phi) is 6.10. The quantitative estimate of drug-likeness (QED) is 0.740. The van der Waals surface area contributed by atoms with E-state index in [4.69, 9.17) is 4.74 Å². The van der Waals surface area contributed by atoms with Crippen molar-refractivity contribution < 1.29 is 17.9 Å². The fraction of sp³-hybridized carbons (Fsp3) is 0.278. The first-order valence-corrected chi connectivity index (χ1v) is 10.1. The first-order valence-electron chi connectivity index (χ1n) is 7.81. The van der Waals surface area contributed by atoms with Gasteiger partial charge in [-0.3, -0.25) is 4.79 Å². The Labute approximate surface area is 162 Å². The van der Waals surface area contributed by atoms with E-state index in [1.807, 2.05) is 0 Å². The van der Waals surface area contributed by atoms with Crippen molar-refractivity contribution in [2.45, 2.75) is 31.2 Å². The molecule has 0 aliphatic rings. The minimum absolute atomic E-state index is 0.0848. The fourth-order valence-electron chi connectivity index (χ4n) is 2.22. The maximum absolute atomic E-state index is 12.7. The summed E-state index contributed by atoms with van der Waals surface area (Å²) in [6.07, 6.45) is 0. The third-order valence-corrected chi connectivity index (χ3v) is 5.57. The van der Waals surface area contributed by atoms with Gasteiger partial charge in [-0.2, -0.15) is 0 Å². The first kappa shape index (κ1) is 20.4. The van der Waals surface area contributed by atoms with Crippen LogP contribution in [0.15, 0.2) is 51.8 Å². The molecule has 26 heavy (non-hydrogen) atoms. The van der Waals surface area contributed by atoms with Crippen LogP contribution in [0.1, 0.15) is 31.1 Å². The number of rotatable bonds is 5. The third kappa shape index (κ3) is 5.30. The average Bonchev–Trinajstić information content (AvgIpc) is 2.54. The molecule has 0 bridgehead atoms. The standard InChI is InChI=1S/C18H21BrN2O4S/c1-18(2,3)21-26(23,24)16-11-12(5-10-15(16)25-4)17(22)20-14-8-6-13(19)7-9-14/h5-11,21H,1-4H3,(H,20,22). The lowest BCUT2D eigenvalue weighted by atomic mass is 10.1. The van der Waals surface area contributed by atoms with Gasteiger partial charge in [-0.25, -0.2) is 13.1 Å². The van der Waals surface area contributed by atoms with Crippen molar-refractivity contribution in [1.82, 2.24) is 4.72 Å². The molecule has 140 valence electrons. The molecule has 0 radical (unpaired) electrons. The van der Waals surface area contributed by atoms with Gasteiger partial charge < -0.3 is 10.1 Å². The summed E-state index contributed by atoms with van der Waals surface area (Å²) < 4.78 is 34.0. The summed E-state index contributed by atoms with van der Waals surface area (Å²) in [5.74, 6) is -0.246. The number of benzene rings is 2. The van der Waals surface area contributed by atoms with Gasteiger partial charge in [0.15, 0.2) is 0 Å². The zero-order valence-electron chi connectivity index (χ0n) is 15.0. The van der Waals surface area contributed by atoms with Crippen LogP contribution in [-0.4, -0.2) is 27.0 Å². The summed E-state index contributed by atoms with van der Waals surface area (Å²) in [6, 6.07) is 11.4. The molecule has 0 heterocycles. The molecule has 1 amide bonds. The first-order chi connectivity index (χ1) is 12.0. The summed E-state index contributed by atoms with van der Waals surface area (Å²) in [4.78, 5) is 12.4. The number of hydrogen-bond donors (Lipinski definition) is 2. The zero-order chi connectivity index (χ0) is 19.5. The monoisotopic (exact) mass is 440 g/mol. The number of halogens is 1. The van der Waals surface area contributed by atoms with Crippen LogP contribution in [0.2, 0.25) is 0 Å². The number of methoxy groups -OCH3 is 1. The minimum atomic E-state index is -3.86. The molecule has 0 unspecified atom stereocenters. The molecule has 0 atom stereocenters. The second-order valence-electron chi connectivity index (χ2n) is 6.68. The zero-order valence-corrected chi connectivity index (χ0v) is 17.4. The number of anilines is 1. The van der Waals surface area contributed by atoms with Crippen LogP contribution in [-0.2, 0) is 10.0 Å². The highest BCUT2D eigenvalue weighted by atomic mass is 79.9. The topological polar surface area (TPSA) is 84.5 Å². The molecule has 0 aromatic heterocycles. The van der Waals surface area contributed by atoms with E-state index in [0.29, 0.717) is 5.69 Å². The number of nitrogens with one attached hydrogen (secondary N) is 2. The number of ether oxygens (including phenoxy) is 1. The van der Waals surface area contributed by atoms with Gasteiger partial charge >= 0.3 is 0 Å². The molecule has 2 N–H and O–H groups in total. The molecule has 0 saturated heterocycles. The Morgan fingerprint density at radius 2 is 1.69 bits per heavy atom. The van der Waals surface area contributed by atoms with Gasteiger partial charge in [-0.1, -0.05) is 15.9 Å². The van der Waals surface area contributed by atoms with Crippen LogP contribution in [0.3, 0.4) is 0 Å². The Morgan fingerprint density at radius 3 is 2.23 bits per heavy atom. The second-order valence-corrected chi connectivity index (χ2v) is 9.25. The molecule has 2 aromatic carbocycles. The summed E-state index contributed by atoms with van der Waals surface area (Å²) in [5, 5.41) is 2.73. The van der Waals surface area contributed by atoms with Crippen LogP contribution < -0.4 is 14.8 Å². The van der Waals surface area contributed by atoms with Gasteiger partial charge in [0.25, 0.3) is 5.91 Å². The summed E-state index contributed by atoms with van der Waals surface area (Å²) >= 11 is 3.33. The molecule has 2 aromatic rings. The highest BCUT2D eigenvalue weighted by Crippen LogP contribution is 2.26. The van der Waals surface area contributed by atoms with E-state index in [9.17, 15) is 13.2 Å². The number of carbonyl (C=O) groups is 1. The van der Waals surface area contributed by atoms with E-state index in [2.05, 4.69) is 26.0 Å². The number of sulfonamides is 1. The number of amides is 1. The smallest absolute Gasteiger partial charge is 0.255 e. The van der Waals surface area contributed by atoms with Crippen LogP contribution in [0.5, 0.6) is 5.75 Å². The second kappa shape index (κ2) is 7.77. The Hall–Kier alpha value is -1.90. The maximum Gasteiger partial charge on any atom is 0.255 e. The lowest BCUT2D eigenvalue weighted by Gasteiger charge is -2.21. The lowest BCUT2D eigenvalue weighted by molar-refractivity contribution is 0.102. The van der Waals surface area contributed by atoms with Gasteiger partial charge in [-0.15, -0.1) is 0 Å². The Bertz CT molecular complexity index is 904. The van der Waals surface area contributed by atoms with Crippen LogP contribution in [0.4, 0.5) is 5.69 Å². The van der Waals surface area contributed by atoms with Crippen molar-refractivity contribution in [2.24, 2.45) is 0 Å². The molecule has 2 rings (SSSR count). The number of hydrogen-bond acceptors (Lipinski definition) is 4. The molecule has 6 nitrogen and oxygen atoms in total. The Balaban J connectivity index is 2.36. The van der Waals surface area contributed by atoms with Crippen molar-refractivity contribution in [3.05, 3.63) is 52.5 Å². The maximum atomic E-state index is 12.7. The molecule has 0 saturated carbocycles. The third-order valence-electron chi connectivity index (χ3n) is 3.26. The average molecular weight is 441 g/mol. The van der Waals surface area contributed by atoms with Crippen molar-refractivity contribution >= 4 is 37.5 Å². The van der Waals surface area contributed by atoms with Gasteiger partial charge in [0.1, 0.15) is 10.6 Å². The molecule has 0 aliphatic heterocycles. The summed E-state index contributed by atoms with van der Waals surface area (Å²) in [6.45, 7) is 5.21. The predicted molar refractivity (Wildman–Crippen MR) is 105 cm³/mol. The van der Waals surface area contributed by atoms with Gasteiger partial charge in [-0.05, 0) is 63.2 Å². The van der Waals surface area contributed by atoms with Gasteiger partial charge in [0, 0.05) is 21.3 Å². The lowest BCUT2D eigenvalue weighted by Crippen LogP contribution is -2.40. The molecular formula is C18H21BrN2O4S. The van der Waals surface area contributed by atoms with Crippen LogP contribution in [0, 0.1) is 0 Å². The van der Waals surface area contributed by atoms with Crippen LogP contribution in [0.25, 0.3) is 0 Å². The van der Waals surface area contributed by atoms with E-state index < -0.39 is 21.5 Å². The number of carbonyl (C=O) groups excluding carboxylic acids is 1. The van der Waals surface area contributed by atoms with Gasteiger partial charge in [0.2, 0.25) is 10.0 Å². The van der Waals surface area contributed by atoms with Gasteiger partial charge in [0.05, 0.1) is 7.11 Å². The summed E-state index contributed by atoms with van der Waals surface area (Å²) in [7, 11) is -2.47. The molecule has 0 fully saturated rings. The largest absolute Gasteiger partial charge is 0.495 e. The van der Waals surface area contributed by atoms with E-state index >= 15 is 0 Å². The molecule has 8 heteroatoms. The fourth-order valence-corrected chi connectivity index (χ4v) is 4.10. The normalized spacial score (nSPS) is 11.9. The predicted octanol–water partition coefficient (Wildman–Crippen LogP) is 3.79. The van der Waals surface area contributed by atoms with E-state index in [1.165, 1.54) is 25.3 Å². The van der Waals surface area contributed by atoms with E-state index in [-0.39, 0.29) is 16.2 Å². The highest BCUT2D eigenvalue weighted by Gasteiger charge is 2.26. The minimum Gasteiger partial charge on any atom is -0.495 e. The van der Waals surface area contributed by atoms with Crippen molar-refractivity contribution in [3.63, 3.8) is 0 Å². The Morgan fingerprint density at radius 1 is 1.08 bits per heavy atom. The van der Waals surface area contributed by atoms with Crippen LogP contribution >= 0.6 is 15.9 Å².